The molecule has 0 unspecified atom stereocenters. The smallest absolute Gasteiger partial charge is 0.141 e. The van der Waals surface area contributed by atoms with E-state index in [0.29, 0.717) is 11.3 Å². The molecule has 1 N–H and O–H groups in total. The molecule has 0 aliphatic carbocycles. The van der Waals surface area contributed by atoms with Gasteiger partial charge in [0.2, 0.25) is 0 Å². The van der Waals surface area contributed by atoms with Gasteiger partial charge in [-0.1, -0.05) is 6.07 Å². The molecule has 0 spiro atoms. The number of nitrogens with one attached hydrogen (secondary N) is 1. The third-order valence-corrected chi connectivity index (χ3v) is 3.87. The predicted octanol–water partition coefficient (Wildman–Crippen LogP) is 4.55. The average Bonchev–Trinajstić information content (AvgIpc) is 2.96. The number of nitrogens with zero attached hydrogens (tertiary/aromatic N) is 1. The third kappa shape index (κ3) is 2.24. The maximum atomic E-state index is 8.93. The highest BCUT2D eigenvalue weighted by Gasteiger charge is 2.10. The lowest BCUT2D eigenvalue weighted by Crippen LogP contribution is -1.88. The Hall–Kier alpha value is -2.38. The molecule has 4 heteroatoms. The highest BCUT2D eigenvalue weighted by Crippen LogP contribution is 2.37. The Morgan fingerprint density at radius 3 is 2.90 bits per heavy atom. The lowest BCUT2D eigenvalue weighted by atomic mass is 10.2. The van der Waals surface area contributed by atoms with Gasteiger partial charge in [-0.2, -0.15) is 5.26 Å². The number of hydrogen-bond donors (Lipinski definition) is 1. The first kappa shape index (κ1) is 12.6. The summed E-state index contributed by atoms with van der Waals surface area (Å²) in [7, 11) is 0. The lowest BCUT2D eigenvalue weighted by Gasteiger charge is -2.11. The molecule has 0 atom stereocenters. The van der Waals surface area contributed by atoms with Crippen LogP contribution in [0.3, 0.4) is 0 Å². The molecule has 3 rings (SSSR count). The fraction of sp³-hybridized carbons (Fsp3) is 0.0625. The normalized spacial score (nSPS) is 10.4. The number of rotatable bonds is 3. The molecule has 0 bridgehead atoms. The Labute approximate surface area is 121 Å². The van der Waals surface area contributed by atoms with Gasteiger partial charge in [0.25, 0.3) is 0 Å². The van der Waals surface area contributed by atoms with Crippen molar-refractivity contribution in [2.24, 2.45) is 0 Å². The summed E-state index contributed by atoms with van der Waals surface area (Å²) in [6.45, 7) is 0. The monoisotopic (exact) mass is 280 g/mol. The van der Waals surface area contributed by atoms with Crippen molar-refractivity contribution < 1.29 is 4.74 Å². The molecule has 0 aliphatic rings. The highest BCUT2D eigenvalue weighted by molar-refractivity contribution is 7.99. The van der Waals surface area contributed by atoms with Crippen LogP contribution in [0.25, 0.3) is 10.9 Å². The molecule has 98 valence electrons. The second-order valence-electron chi connectivity index (χ2n) is 4.28. The average molecular weight is 280 g/mol. The second-order valence-corrected chi connectivity index (χ2v) is 5.09. The van der Waals surface area contributed by atoms with Gasteiger partial charge in [0.15, 0.2) is 0 Å². The fourth-order valence-electron chi connectivity index (χ4n) is 2.13. The Kier molecular flexibility index (Phi) is 3.36. The lowest BCUT2D eigenvalue weighted by molar-refractivity contribution is 0.472. The fourth-order valence-corrected chi connectivity index (χ4v) is 2.84. The van der Waals surface area contributed by atoms with Crippen LogP contribution in [0.5, 0.6) is 11.5 Å². The van der Waals surface area contributed by atoms with Crippen molar-refractivity contribution in [3.8, 4) is 17.6 Å². The van der Waals surface area contributed by atoms with Crippen molar-refractivity contribution in [3.05, 3.63) is 54.2 Å². The number of benzene rings is 2. The minimum absolute atomic E-state index is 0.593. The molecular weight excluding hydrogens is 268 g/mol. The van der Waals surface area contributed by atoms with E-state index in [4.69, 9.17) is 10.00 Å². The van der Waals surface area contributed by atoms with Gasteiger partial charge in [-0.15, -0.1) is 11.8 Å². The van der Waals surface area contributed by atoms with E-state index < -0.39 is 0 Å². The van der Waals surface area contributed by atoms with Gasteiger partial charge < -0.3 is 9.72 Å². The van der Waals surface area contributed by atoms with Gasteiger partial charge in [0.05, 0.1) is 16.5 Å². The molecule has 3 aromatic rings. The van der Waals surface area contributed by atoms with Crippen molar-refractivity contribution in [1.29, 1.82) is 5.26 Å². The maximum Gasteiger partial charge on any atom is 0.141 e. The molecule has 1 heterocycles. The molecule has 0 radical (unpaired) electrons. The number of fused-ring (bicyclic) bond motifs is 1. The summed E-state index contributed by atoms with van der Waals surface area (Å²) in [6, 6.07) is 15.3. The predicted molar refractivity (Wildman–Crippen MR) is 81.3 cm³/mol. The van der Waals surface area contributed by atoms with Crippen molar-refractivity contribution >= 4 is 22.7 Å². The highest BCUT2D eigenvalue weighted by atomic mass is 32.2. The first-order chi connectivity index (χ1) is 9.81. The summed E-state index contributed by atoms with van der Waals surface area (Å²) in [4.78, 5) is 4.28. The molecule has 0 amide bonds. The maximum absolute atomic E-state index is 8.93. The number of hydrogen-bond acceptors (Lipinski definition) is 3. The zero-order valence-electron chi connectivity index (χ0n) is 10.9. The molecule has 0 fully saturated rings. The molecule has 1 aromatic heterocycles. The van der Waals surface area contributed by atoms with E-state index in [9.17, 15) is 0 Å². The molecular formula is C16H12N2OS. The minimum atomic E-state index is 0.593. The Balaban J connectivity index is 2.03. The van der Waals surface area contributed by atoms with E-state index in [-0.39, 0.29) is 0 Å². The van der Waals surface area contributed by atoms with Gasteiger partial charge in [-0.25, -0.2) is 0 Å². The summed E-state index contributed by atoms with van der Waals surface area (Å²) < 4.78 is 5.93. The van der Waals surface area contributed by atoms with Crippen LogP contribution in [0.15, 0.2) is 53.6 Å². The molecule has 3 nitrogen and oxygen atoms in total. The van der Waals surface area contributed by atoms with Crippen LogP contribution in [-0.2, 0) is 0 Å². The van der Waals surface area contributed by atoms with E-state index in [1.165, 1.54) is 0 Å². The standard InChI is InChI=1S/C16H12N2OS/c1-20-16-13-7-8-18-14(13)5-6-15(16)19-12-4-2-3-11(9-12)10-17/h2-9,18H,1H3. The Morgan fingerprint density at radius 2 is 2.10 bits per heavy atom. The molecule has 0 saturated heterocycles. The first-order valence-corrected chi connectivity index (χ1v) is 7.36. The zero-order chi connectivity index (χ0) is 13.9. The van der Waals surface area contributed by atoms with E-state index in [0.717, 1.165) is 21.5 Å². The van der Waals surface area contributed by atoms with Crippen molar-refractivity contribution in [3.63, 3.8) is 0 Å². The molecule has 0 saturated carbocycles. The van der Waals surface area contributed by atoms with Crippen molar-refractivity contribution in [2.75, 3.05) is 6.26 Å². The van der Waals surface area contributed by atoms with Gasteiger partial charge in [-0.3, -0.25) is 0 Å². The van der Waals surface area contributed by atoms with E-state index in [1.807, 2.05) is 42.8 Å². The number of aromatic amines is 1. The van der Waals surface area contributed by atoms with Crippen molar-refractivity contribution in [1.82, 2.24) is 4.98 Å². The van der Waals surface area contributed by atoms with Gasteiger partial charge in [0.1, 0.15) is 11.5 Å². The van der Waals surface area contributed by atoms with Crippen molar-refractivity contribution in [2.45, 2.75) is 4.90 Å². The number of nitriles is 1. The summed E-state index contributed by atoms with van der Waals surface area (Å²) in [5.41, 5.74) is 1.68. The Bertz CT molecular complexity index is 802. The Morgan fingerprint density at radius 1 is 1.20 bits per heavy atom. The van der Waals surface area contributed by atoms with Gasteiger partial charge in [0, 0.05) is 17.1 Å². The minimum Gasteiger partial charge on any atom is -0.456 e. The van der Waals surface area contributed by atoms with Crippen LogP contribution >= 0.6 is 11.8 Å². The summed E-state index contributed by atoms with van der Waals surface area (Å²) in [5, 5.41) is 10.1. The number of thioether (sulfide) groups is 1. The molecule has 0 aliphatic heterocycles. The van der Waals surface area contributed by atoms with E-state index in [2.05, 4.69) is 11.1 Å². The second kappa shape index (κ2) is 5.32. The number of aromatic nitrogens is 1. The SMILES string of the molecule is CSc1c(Oc2cccc(C#N)c2)ccc2[nH]ccc12. The van der Waals surface area contributed by atoms with Crippen LogP contribution in [-0.4, -0.2) is 11.2 Å². The van der Waals surface area contributed by atoms with E-state index in [1.54, 1.807) is 23.9 Å². The third-order valence-electron chi connectivity index (χ3n) is 3.04. The van der Waals surface area contributed by atoms with Crippen LogP contribution in [0, 0.1) is 11.3 Å². The summed E-state index contributed by atoms with van der Waals surface area (Å²) >= 11 is 1.65. The first-order valence-electron chi connectivity index (χ1n) is 6.14. The number of ether oxygens (including phenoxy) is 1. The largest absolute Gasteiger partial charge is 0.456 e. The summed E-state index contributed by atoms with van der Waals surface area (Å²) in [5.74, 6) is 1.48. The molecule has 20 heavy (non-hydrogen) atoms. The topological polar surface area (TPSA) is 48.8 Å². The summed E-state index contributed by atoms with van der Waals surface area (Å²) in [6.07, 6.45) is 3.95. The van der Waals surface area contributed by atoms with Crippen LogP contribution < -0.4 is 4.74 Å². The van der Waals surface area contributed by atoms with E-state index >= 15 is 0 Å². The zero-order valence-corrected chi connectivity index (χ0v) is 11.7. The van der Waals surface area contributed by atoms with Crippen LogP contribution in [0.1, 0.15) is 5.56 Å². The van der Waals surface area contributed by atoms with Crippen LogP contribution in [0.4, 0.5) is 0 Å². The number of H-pyrrole nitrogens is 1. The quantitative estimate of drug-likeness (QED) is 0.716. The van der Waals surface area contributed by atoms with Gasteiger partial charge in [-0.05, 0) is 42.7 Å². The van der Waals surface area contributed by atoms with Gasteiger partial charge >= 0.3 is 0 Å². The molecule has 2 aromatic carbocycles. The van der Waals surface area contributed by atoms with Crippen LogP contribution in [0.2, 0.25) is 0 Å².